The van der Waals surface area contributed by atoms with E-state index in [4.69, 9.17) is 0 Å². The maximum absolute atomic E-state index is 11.4. The number of hydrogen-bond donors (Lipinski definition) is 2. The fourth-order valence-electron chi connectivity index (χ4n) is 1.55. The van der Waals surface area contributed by atoms with E-state index >= 15 is 0 Å². The number of rotatable bonds is 7. The molecule has 1 amide bonds. The fraction of sp³-hybridized carbons (Fsp3) is 0.500. The van der Waals surface area contributed by atoms with Gasteiger partial charge in [0.1, 0.15) is 0 Å². The van der Waals surface area contributed by atoms with Crippen LogP contribution >= 0.6 is 0 Å². The summed E-state index contributed by atoms with van der Waals surface area (Å²) in [6, 6.07) is 8.16. The lowest BCUT2D eigenvalue weighted by Crippen LogP contribution is -2.25. The third-order valence-electron chi connectivity index (χ3n) is 2.64. The summed E-state index contributed by atoms with van der Waals surface area (Å²) >= 11 is 0. The Morgan fingerprint density at radius 1 is 1.17 bits per heavy atom. The molecule has 0 saturated heterocycles. The summed E-state index contributed by atoms with van der Waals surface area (Å²) in [7, 11) is 4.03. The molecule has 4 nitrogen and oxygen atoms in total. The fourth-order valence-corrected chi connectivity index (χ4v) is 1.55. The summed E-state index contributed by atoms with van der Waals surface area (Å²) < 4.78 is 0. The molecule has 0 atom stereocenters. The van der Waals surface area contributed by atoms with Gasteiger partial charge < -0.3 is 15.5 Å². The Morgan fingerprint density at radius 2 is 1.83 bits per heavy atom. The number of hydrogen-bond acceptors (Lipinski definition) is 3. The second-order valence-electron chi connectivity index (χ2n) is 4.47. The second kappa shape index (κ2) is 7.58. The van der Waals surface area contributed by atoms with Crippen LogP contribution in [0.1, 0.15) is 19.8 Å². The summed E-state index contributed by atoms with van der Waals surface area (Å²) in [5.41, 5.74) is 2.21. The van der Waals surface area contributed by atoms with Crippen LogP contribution in [-0.2, 0) is 4.79 Å². The highest BCUT2D eigenvalue weighted by Crippen LogP contribution is 2.15. The van der Waals surface area contributed by atoms with E-state index in [-0.39, 0.29) is 5.91 Å². The lowest BCUT2D eigenvalue weighted by Gasteiger charge is -2.13. The molecule has 1 aromatic carbocycles. The van der Waals surface area contributed by atoms with Gasteiger partial charge in [-0.05, 0) is 30.7 Å². The maximum Gasteiger partial charge on any atom is 0.221 e. The highest BCUT2D eigenvalue weighted by molar-refractivity contribution is 5.76. The topological polar surface area (TPSA) is 44.4 Å². The minimum atomic E-state index is 0.106. The number of carbonyl (C=O) groups is 1. The van der Waals surface area contributed by atoms with E-state index in [0.29, 0.717) is 13.0 Å². The monoisotopic (exact) mass is 249 g/mol. The van der Waals surface area contributed by atoms with Crippen molar-refractivity contribution >= 4 is 17.3 Å². The van der Waals surface area contributed by atoms with Gasteiger partial charge in [-0.2, -0.15) is 0 Å². The van der Waals surface area contributed by atoms with Gasteiger partial charge in [0.05, 0.1) is 0 Å². The van der Waals surface area contributed by atoms with Crippen molar-refractivity contribution in [3.05, 3.63) is 24.3 Å². The van der Waals surface area contributed by atoms with Crippen molar-refractivity contribution in [2.75, 3.05) is 37.4 Å². The predicted molar refractivity (Wildman–Crippen MR) is 77.2 cm³/mol. The van der Waals surface area contributed by atoms with Crippen LogP contribution in [0.2, 0.25) is 0 Å². The van der Waals surface area contributed by atoms with Crippen LogP contribution in [0.25, 0.3) is 0 Å². The average Bonchev–Trinajstić information content (AvgIpc) is 2.37. The molecule has 0 aromatic heterocycles. The van der Waals surface area contributed by atoms with E-state index in [9.17, 15) is 4.79 Å². The zero-order valence-corrected chi connectivity index (χ0v) is 11.5. The van der Waals surface area contributed by atoms with Gasteiger partial charge in [0, 0.05) is 45.0 Å². The second-order valence-corrected chi connectivity index (χ2v) is 4.47. The van der Waals surface area contributed by atoms with Crippen LogP contribution < -0.4 is 15.5 Å². The molecule has 0 bridgehead atoms. The summed E-state index contributed by atoms with van der Waals surface area (Å²) in [5, 5.41) is 6.10. The first kappa shape index (κ1) is 14.4. The van der Waals surface area contributed by atoms with Gasteiger partial charge in [-0.1, -0.05) is 6.92 Å². The molecule has 0 aliphatic carbocycles. The van der Waals surface area contributed by atoms with Gasteiger partial charge in [0.2, 0.25) is 5.91 Å². The van der Waals surface area contributed by atoms with Crippen LogP contribution in [-0.4, -0.2) is 33.1 Å². The standard InChI is InChI=1S/C14H23N3O/c1-4-10-16-14(18)9-11-15-12-5-7-13(8-6-12)17(2)3/h5-8,15H,4,9-11H2,1-3H3,(H,16,18). The largest absolute Gasteiger partial charge is 0.385 e. The van der Waals surface area contributed by atoms with Crippen LogP contribution in [0.5, 0.6) is 0 Å². The molecule has 0 spiro atoms. The molecule has 0 radical (unpaired) electrons. The van der Waals surface area contributed by atoms with Crippen LogP contribution in [0.3, 0.4) is 0 Å². The molecular weight excluding hydrogens is 226 g/mol. The van der Waals surface area contributed by atoms with Crippen molar-refractivity contribution in [3.63, 3.8) is 0 Å². The van der Waals surface area contributed by atoms with Gasteiger partial charge in [0.15, 0.2) is 0 Å². The van der Waals surface area contributed by atoms with E-state index in [1.54, 1.807) is 0 Å². The zero-order chi connectivity index (χ0) is 13.4. The SMILES string of the molecule is CCCNC(=O)CCNc1ccc(N(C)C)cc1. The first-order chi connectivity index (χ1) is 8.63. The van der Waals surface area contributed by atoms with Crippen molar-refractivity contribution in [1.82, 2.24) is 5.32 Å². The van der Waals surface area contributed by atoms with Crippen LogP contribution in [0.4, 0.5) is 11.4 Å². The molecule has 100 valence electrons. The highest BCUT2D eigenvalue weighted by Gasteiger charge is 2.00. The normalized spacial score (nSPS) is 9.94. The molecule has 1 rings (SSSR count). The Hall–Kier alpha value is -1.71. The molecule has 0 saturated carbocycles. The first-order valence-electron chi connectivity index (χ1n) is 6.41. The first-order valence-corrected chi connectivity index (χ1v) is 6.41. The Morgan fingerprint density at radius 3 is 2.39 bits per heavy atom. The van der Waals surface area contributed by atoms with E-state index in [1.807, 2.05) is 33.2 Å². The van der Waals surface area contributed by atoms with E-state index in [0.717, 1.165) is 18.7 Å². The van der Waals surface area contributed by atoms with Gasteiger partial charge in [-0.25, -0.2) is 0 Å². The minimum absolute atomic E-state index is 0.106. The average molecular weight is 249 g/mol. The number of carbonyl (C=O) groups excluding carboxylic acids is 1. The third-order valence-corrected chi connectivity index (χ3v) is 2.64. The van der Waals surface area contributed by atoms with Gasteiger partial charge in [0.25, 0.3) is 0 Å². The molecule has 2 N–H and O–H groups in total. The Bertz CT molecular complexity index is 360. The molecule has 1 aromatic rings. The number of nitrogens with zero attached hydrogens (tertiary/aromatic N) is 1. The smallest absolute Gasteiger partial charge is 0.221 e. The maximum atomic E-state index is 11.4. The van der Waals surface area contributed by atoms with Crippen molar-refractivity contribution in [1.29, 1.82) is 0 Å². The summed E-state index contributed by atoms with van der Waals surface area (Å²) in [6.45, 7) is 3.47. The Balaban J connectivity index is 2.29. The van der Waals surface area contributed by atoms with Gasteiger partial charge in [-0.3, -0.25) is 4.79 Å². The van der Waals surface area contributed by atoms with Crippen LogP contribution in [0.15, 0.2) is 24.3 Å². The predicted octanol–water partition coefficient (Wildman–Crippen LogP) is 2.08. The molecule has 0 aliphatic rings. The van der Waals surface area contributed by atoms with Crippen LogP contribution in [0, 0.1) is 0 Å². The lowest BCUT2D eigenvalue weighted by molar-refractivity contribution is -0.120. The van der Waals surface area contributed by atoms with Crippen molar-refractivity contribution < 1.29 is 4.79 Å². The minimum Gasteiger partial charge on any atom is -0.385 e. The molecule has 0 unspecified atom stereocenters. The van der Waals surface area contributed by atoms with E-state index < -0.39 is 0 Å². The zero-order valence-electron chi connectivity index (χ0n) is 11.5. The summed E-state index contributed by atoms with van der Waals surface area (Å²) in [5.74, 6) is 0.106. The number of benzene rings is 1. The lowest BCUT2D eigenvalue weighted by atomic mass is 10.2. The Kier molecular flexibility index (Phi) is 6.05. The molecule has 0 heterocycles. The molecular formula is C14H23N3O. The highest BCUT2D eigenvalue weighted by atomic mass is 16.1. The van der Waals surface area contributed by atoms with Crippen molar-refractivity contribution in [2.45, 2.75) is 19.8 Å². The summed E-state index contributed by atoms with van der Waals surface area (Å²) in [6.07, 6.45) is 1.49. The summed E-state index contributed by atoms with van der Waals surface area (Å²) in [4.78, 5) is 13.4. The van der Waals surface area contributed by atoms with E-state index in [2.05, 4.69) is 27.7 Å². The van der Waals surface area contributed by atoms with Gasteiger partial charge in [-0.15, -0.1) is 0 Å². The molecule has 18 heavy (non-hydrogen) atoms. The molecule has 0 fully saturated rings. The number of anilines is 2. The quantitative estimate of drug-likeness (QED) is 0.777. The van der Waals surface area contributed by atoms with Crippen molar-refractivity contribution in [3.8, 4) is 0 Å². The molecule has 0 aliphatic heterocycles. The Labute approximate surface area is 109 Å². The number of amides is 1. The number of nitrogens with one attached hydrogen (secondary N) is 2. The van der Waals surface area contributed by atoms with Gasteiger partial charge >= 0.3 is 0 Å². The third kappa shape index (κ3) is 5.08. The van der Waals surface area contributed by atoms with Crippen molar-refractivity contribution in [2.24, 2.45) is 0 Å². The van der Waals surface area contributed by atoms with E-state index in [1.165, 1.54) is 5.69 Å². The molecule has 4 heteroatoms.